The Morgan fingerprint density at radius 3 is 2.45 bits per heavy atom. The minimum absolute atomic E-state index is 0.0777. The van der Waals surface area contributed by atoms with Crippen LogP contribution in [0.25, 0.3) is 0 Å². The van der Waals surface area contributed by atoms with E-state index in [0.717, 1.165) is 30.6 Å². The molecule has 1 N–H and O–H groups in total. The van der Waals surface area contributed by atoms with Crippen LogP contribution < -0.4 is 10.1 Å². The first kappa shape index (κ1) is 22.1. The molecule has 3 rings (SSSR count). The van der Waals surface area contributed by atoms with Crippen molar-refractivity contribution in [3.8, 4) is 5.75 Å². The fourth-order valence-corrected chi connectivity index (χ4v) is 5.68. The molecule has 1 atom stereocenters. The Kier molecular flexibility index (Phi) is 7.54. The largest absolute Gasteiger partial charge is 0.494 e. The highest BCUT2D eigenvalue weighted by Gasteiger charge is 2.36. The van der Waals surface area contributed by atoms with Gasteiger partial charge in [-0.15, -0.1) is 0 Å². The van der Waals surface area contributed by atoms with Crippen molar-refractivity contribution in [2.45, 2.75) is 46.1 Å². The van der Waals surface area contributed by atoms with Gasteiger partial charge < -0.3 is 10.1 Å². The lowest BCUT2D eigenvalue weighted by atomic mass is 9.99. The second kappa shape index (κ2) is 9.91. The molecule has 0 unspecified atom stereocenters. The summed E-state index contributed by atoms with van der Waals surface area (Å²) in [5.74, 6) is 1.00. The van der Waals surface area contributed by atoms with Crippen molar-refractivity contribution in [3.05, 3.63) is 29.8 Å². The SMILES string of the molecule is CCOc1ccc(CNC(=O)[C@H]2CCCN(S(=O)(=O)N3CCC(C)CC3)C2)cc1. The Bertz CT molecular complexity index is 774. The summed E-state index contributed by atoms with van der Waals surface area (Å²) >= 11 is 0. The molecule has 2 aliphatic heterocycles. The molecule has 7 nitrogen and oxygen atoms in total. The van der Waals surface area contributed by atoms with Gasteiger partial charge in [-0.1, -0.05) is 19.1 Å². The summed E-state index contributed by atoms with van der Waals surface area (Å²) in [4.78, 5) is 12.7. The van der Waals surface area contributed by atoms with Crippen molar-refractivity contribution in [2.24, 2.45) is 11.8 Å². The minimum atomic E-state index is -3.48. The van der Waals surface area contributed by atoms with Gasteiger partial charge in [-0.3, -0.25) is 4.79 Å². The Labute approximate surface area is 174 Å². The lowest BCUT2D eigenvalue weighted by Crippen LogP contribution is -2.52. The van der Waals surface area contributed by atoms with Crippen LogP contribution >= 0.6 is 0 Å². The van der Waals surface area contributed by atoms with Crippen molar-refractivity contribution in [1.29, 1.82) is 0 Å². The average Bonchev–Trinajstić information content (AvgIpc) is 2.73. The number of benzene rings is 1. The molecule has 0 radical (unpaired) electrons. The van der Waals surface area contributed by atoms with E-state index in [1.807, 2.05) is 31.2 Å². The van der Waals surface area contributed by atoms with E-state index in [2.05, 4.69) is 12.2 Å². The average molecular weight is 424 g/mol. The van der Waals surface area contributed by atoms with Gasteiger partial charge in [-0.05, 0) is 56.2 Å². The Morgan fingerprint density at radius 1 is 1.10 bits per heavy atom. The van der Waals surface area contributed by atoms with E-state index in [-0.39, 0.29) is 18.4 Å². The highest BCUT2D eigenvalue weighted by molar-refractivity contribution is 7.86. The first-order valence-corrected chi connectivity index (χ1v) is 12.0. The first-order chi connectivity index (χ1) is 13.9. The maximum atomic E-state index is 13.0. The predicted octanol–water partition coefficient (Wildman–Crippen LogP) is 2.39. The van der Waals surface area contributed by atoms with Gasteiger partial charge in [0.25, 0.3) is 10.2 Å². The molecule has 0 bridgehead atoms. The monoisotopic (exact) mass is 423 g/mol. The third kappa shape index (κ3) is 5.71. The molecule has 29 heavy (non-hydrogen) atoms. The van der Waals surface area contributed by atoms with Crippen LogP contribution in [0.4, 0.5) is 0 Å². The molecule has 1 amide bonds. The molecule has 0 spiro atoms. The van der Waals surface area contributed by atoms with E-state index in [1.54, 1.807) is 4.31 Å². The van der Waals surface area contributed by atoms with E-state index in [4.69, 9.17) is 4.74 Å². The highest BCUT2D eigenvalue weighted by atomic mass is 32.2. The van der Waals surface area contributed by atoms with Crippen LogP contribution in [0.1, 0.15) is 45.1 Å². The van der Waals surface area contributed by atoms with E-state index < -0.39 is 10.2 Å². The van der Waals surface area contributed by atoms with E-state index in [1.165, 1.54) is 4.31 Å². The number of carbonyl (C=O) groups excluding carboxylic acids is 1. The Balaban J connectivity index is 1.53. The number of ether oxygens (including phenoxy) is 1. The maximum absolute atomic E-state index is 13.0. The summed E-state index contributed by atoms with van der Waals surface area (Å²) in [6.07, 6.45) is 3.24. The second-order valence-corrected chi connectivity index (χ2v) is 10.0. The number of nitrogens with one attached hydrogen (secondary N) is 1. The third-order valence-corrected chi connectivity index (χ3v) is 7.85. The topological polar surface area (TPSA) is 79.0 Å². The zero-order valence-corrected chi connectivity index (χ0v) is 18.3. The molecule has 2 saturated heterocycles. The number of hydrogen-bond donors (Lipinski definition) is 1. The summed E-state index contributed by atoms with van der Waals surface area (Å²) in [5.41, 5.74) is 0.990. The molecule has 2 heterocycles. The number of rotatable bonds is 7. The van der Waals surface area contributed by atoms with Crippen LogP contribution in [0.3, 0.4) is 0 Å². The van der Waals surface area contributed by atoms with Crippen LogP contribution in [0, 0.1) is 11.8 Å². The predicted molar refractivity (Wildman–Crippen MR) is 113 cm³/mol. The van der Waals surface area contributed by atoms with E-state index in [0.29, 0.717) is 45.1 Å². The molecule has 162 valence electrons. The van der Waals surface area contributed by atoms with Crippen molar-refractivity contribution >= 4 is 16.1 Å². The molecular weight excluding hydrogens is 390 g/mol. The second-order valence-electron chi connectivity index (χ2n) is 8.08. The van der Waals surface area contributed by atoms with Crippen LogP contribution in [-0.2, 0) is 21.5 Å². The summed E-state index contributed by atoms with van der Waals surface area (Å²) in [6.45, 7) is 7.07. The van der Waals surface area contributed by atoms with Gasteiger partial charge in [0.05, 0.1) is 12.5 Å². The van der Waals surface area contributed by atoms with Gasteiger partial charge in [-0.2, -0.15) is 17.0 Å². The van der Waals surface area contributed by atoms with Gasteiger partial charge >= 0.3 is 0 Å². The van der Waals surface area contributed by atoms with Crippen LogP contribution in [0.5, 0.6) is 5.75 Å². The van der Waals surface area contributed by atoms with Crippen LogP contribution in [0.2, 0.25) is 0 Å². The zero-order chi connectivity index (χ0) is 20.9. The number of amides is 1. The van der Waals surface area contributed by atoms with Crippen molar-refractivity contribution < 1.29 is 17.9 Å². The summed E-state index contributed by atoms with van der Waals surface area (Å²) in [5, 5.41) is 2.96. The fraction of sp³-hybridized carbons (Fsp3) is 0.667. The number of piperidine rings is 2. The van der Waals surface area contributed by atoms with Crippen molar-refractivity contribution in [3.63, 3.8) is 0 Å². The van der Waals surface area contributed by atoms with E-state index in [9.17, 15) is 13.2 Å². The molecule has 2 fully saturated rings. The number of hydrogen-bond acceptors (Lipinski definition) is 4. The molecule has 0 aromatic heterocycles. The lowest BCUT2D eigenvalue weighted by molar-refractivity contribution is -0.126. The van der Waals surface area contributed by atoms with Gasteiger partial charge in [-0.25, -0.2) is 0 Å². The standard InChI is InChI=1S/C21H33N3O4S/c1-3-28-20-8-6-18(7-9-20)15-22-21(25)19-5-4-12-24(16-19)29(26,27)23-13-10-17(2)11-14-23/h6-9,17,19H,3-5,10-16H2,1-2H3,(H,22,25)/t19-/m0/s1. The van der Waals surface area contributed by atoms with Crippen molar-refractivity contribution in [1.82, 2.24) is 13.9 Å². The Morgan fingerprint density at radius 2 is 1.79 bits per heavy atom. The molecule has 8 heteroatoms. The highest BCUT2D eigenvalue weighted by Crippen LogP contribution is 2.25. The molecular formula is C21H33N3O4S. The summed E-state index contributed by atoms with van der Waals surface area (Å²) in [7, 11) is -3.48. The molecule has 1 aromatic carbocycles. The fourth-order valence-electron chi connectivity index (χ4n) is 3.95. The van der Waals surface area contributed by atoms with Crippen molar-refractivity contribution in [2.75, 3.05) is 32.8 Å². The van der Waals surface area contributed by atoms with Gasteiger partial charge in [0.1, 0.15) is 5.75 Å². The van der Waals surface area contributed by atoms with Gasteiger partial charge in [0, 0.05) is 32.7 Å². The number of carbonyl (C=O) groups is 1. The number of nitrogens with zero attached hydrogens (tertiary/aromatic N) is 2. The summed E-state index contributed by atoms with van der Waals surface area (Å²) < 4.78 is 34.5. The Hall–Kier alpha value is -1.64. The zero-order valence-electron chi connectivity index (χ0n) is 17.5. The normalized spacial score (nSPS) is 22.3. The third-order valence-electron chi connectivity index (χ3n) is 5.85. The molecule has 0 aliphatic carbocycles. The van der Waals surface area contributed by atoms with Crippen LogP contribution in [0.15, 0.2) is 24.3 Å². The molecule has 0 saturated carbocycles. The first-order valence-electron chi connectivity index (χ1n) is 10.6. The van der Waals surface area contributed by atoms with Gasteiger partial charge in [0.15, 0.2) is 0 Å². The van der Waals surface area contributed by atoms with E-state index >= 15 is 0 Å². The smallest absolute Gasteiger partial charge is 0.281 e. The molecule has 2 aliphatic rings. The maximum Gasteiger partial charge on any atom is 0.281 e. The van der Waals surface area contributed by atoms with Gasteiger partial charge in [0.2, 0.25) is 5.91 Å². The van der Waals surface area contributed by atoms with Crippen LogP contribution in [-0.4, -0.2) is 55.7 Å². The lowest BCUT2D eigenvalue weighted by Gasteiger charge is -2.37. The minimum Gasteiger partial charge on any atom is -0.494 e. The molecule has 1 aromatic rings. The quantitative estimate of drug-likeness (QED) is 0.730. The summed E-state index contributed by atoms with van der Waals surface area (Å²) in [6, 6.07) is 7.64.